The Balaban J connectivity index is 1.35. The maximum absolute atomic E-state index is 13.1. The summed E-state index contributed by atoms with van der Waals surface area (Å²) in [4.78, 5) is 17.7. The van der Waals surface area contributed by atoms with Gasteiger partial charge in [-0.05, 0) is 85.1 Å². The summed E-state index contributed by atoms with van der Waals surface area (Å²) >= 11 is 12.4. The zero-order valence-corrected chi connectivity index (χ0v) is 22.5. The fourth-order valence-corrected chi connectivity index (χ4v) is 4.41. The summed E-state index contributed by atoms with van der Waals surface area (Å²) in [6.07, 6.45) is 0. The highest BCUT2D eigenvalue weighted by Gasteiger charge is 2.16. The molecular formula is C30H24Cl2N2O4. The van der Waals surface area contributed by atoms with Crippen LogP contribution in [0.15, 0.2) is 77.2 Å². The van der Waals surface area contributed by atoms with E-state index in [1.807, 2.05) is 38.1 Å². The van der Waals surface area contributed by atoms with E-state index in [0.717, 1.165) is 27.8 Å². The van der Waals surface area contributed by atoms with Crippen LogP contribution in [0.3, 0.4) is 0 Å². The number of nitrogens with one attached hydrogen (secondary N) is 1. The minimum Gasteiger partial charge on any atom is -0.493 e. The number of methoxy groups -OCH3 is 1. The molecule has 0 aliphatic rings. The van der Waals surface area contributed by atoms with Gasteiger partial charge in [0.25, 0.3) is 5.91 Å². The lowest BCUT2D eigenvalue weighted by atomic mass is 10.1. The molecule has 38 heavy (non-hydrogen) atoms. The highest BCUT2D eigenvalue weighted by atomic mass is 35.5. The fraction of sp³-hybridized carbons (Fsp3) is 0.133. The van der Waals surface area contributed by atoms with Crippen molar-refractivity contribution >= 4 is 45.9 Å². The molecule has 4 aromatic carbocycles. The monoisotopic (exact) mass is 546 g/mol. The summed E-state index contributed by atoms with van der Waals surface area (Å²) in [6, 6.07) is 21.6. The van der Waals surface area contributed by atoms with Gasteiger partial charge in [0.2, 0.25) is 5.89 Å². The normalized spacial score (nSPS) is 11.0. The Morgan fingerprint density at radius 1 is 0.947 bits per heavy atom. The van der Waals surface area contributed by atoms with Gasteiger partial charge >= 0.3 is 0 Å². The van der Waals surface area contributed by atoms with Gasteiger partial charge in [0.05, 0.1) is 17.8 Å². The molecule has 6 nitrogen and oxygen atoms in total. The minimum absolute atomic E-state index is 0.330. The highest BCUT2D eigenvalue weighted by Crippen LogP contribution is 2.33. The standard InChI is InChI=1S/C30H24Cl2N2O4/c1-17-12-18(2)28-25(13-17)34-30(38-28)21-6-10-23(32)24(14-21)33-29(35)20-7-11-26(27(15-20)36-3)37-16-19-4-8-22(31)9-5-19/h4-15H,16H2,1-3H3,(H,33,35). The Morgan fingerprint density at radius 2 is 1.74 bits per heavy atom. The van der Waals surface area contributed by atoms with E-state index < -0.39 is 0 Å². The van der Waals surface area contributed by atoms with Crippen molar-refractivity contribution in [2.45, 2.75) is 20.5 Å². The molecule has 8 heteroatoms. The number of aryl methyl sites for hydroxylation is 2. The summed E-state index contributed by atoms with van der Waals surface area (Å²) < 4.78 is 17.4. The molecular weight excluding hydrogens is 523 g/mol. The van der Waals surface area contributed by atoms with E-state index in [-0.39, 0.29) is 5.91 Å². The molecule has 1 N–H and O–H groups in total. The number of hydrogen-bond acceptors (Lipinski definition) is 5. The zero-order chi connectivity index (χ0) is 26.8. The van der Waals surface area contributed by atoms with Crippen LogP contribution in [0.2, 0.25) is 10.0 Å². The lowest BCUT2D eigenvalue weighted by Crippen LogP contribution is -2.12. The lowest BCUT2D eigenvalue weighted by molar-refractivity contribution is 0.102. The molecule has 0 saturated carbocycles. The van der Waals surface area contributed by atoms with E-state index in [2.05, 4.69) is 10.3 Å². The second kappa shape index (κ2) is 10.8. The molecule has 0 atom stereocenters. The van der Waals surface area contributed by atoms with Crippen LogP contribution in [0, 0.1) is 13.8 Å². The summed E-state index contributed by atoms with van der Waals surface area (Å²) in [7, 11) is 1.52. The van der Waals surface area contributed by atoms with E-state index in [1.54, 1.807) is 48.5 Å². The van der Waals surface area contributed by atoms with Gasteiger partial charge in [0.15, 0.2) is 17.1 Å². The number of fused-ring (bicyclic) bond motifs is 1. The van der Waals surface area contributed by atoms with Crippen molar-refractivity contribution in [3.05, 3.63) is 105 Å². The van der Waals surface area contributed by atoms with Crippen molar-refractivity contribution in [1.82, 2.24) is 4.98 Å². The van der Waals surface area contributed by atoms with Gasteiger partial charge in [-0.15, -0.1) is 0 Å². The van der Waals surface area contributed by atoms with Crippen molar-refractivity contribution in [2.75, 3.05) is 12.4 Å². The average molecular weight is 547 g/mol. The third-order valence-corrected chi connectivity index (χ3v) is 6.60. The summed E-state index contributed by atoms with van der Waals surface area (Å²) in [5.74, 6) is 1.05. The minimum atomic E-state index is -0.351. The van der Waals surface area contributed by atoms with Crippen molar-refractivity contribution in [1.29, 1.82) is 0 Å². The molecule has 0 unspecified atom stereocenters. The van der Waals surface area contributed by atoms with Crippen LogP contribution in [-0.4, -0.2) is 18.0 Å². The van der Waals surface area contributed by atoms with E-state index >= 15 is 0 Å². The SMILES string of the molecule is COc1cc(C(=O)Nc2cc(-c3nc4cc(C)cc(C)c4o3)ccc2Cl)ccc1OCc1ccc(Cl)cc1. The fourth-order valence-electron chi connectivity index (χ4n) is 4.12. The molecule has 1 aromatic heterocycles. The number of benzene rings is 4. The van der Waals surface area contributed by atoms with Crippen molar-refractivity contribution in [3.63, 3.8) is 0 Å². The topological polar surface area (TPSA) is 73.6 Å². The summed E-state index contributed by atoms with van der Waals surface area (Å²) in [6.45, 7) is 4.33. The van der Waals surface area contributed by atoms with Crippen LogP contribution in [0.25, 0.3) is 22.6 Å². The number of aromatic nitrogens is 1. The van der Waals surface area contributed by atoms with Gasteiger partial charge in [-0.2, -0.15) is 0 Å². The lowest BCUT2D eigenvalue weighted by Gasteiger charge is -2.13. The third-order valence-electron chi connectivity index (χ3n) is 6.02. The first-order chi connectivity index (χ1) is 18.3. The summed E-state index contributed by atoms with van der Waals surface area (Å²) in [5.41, 5.74) is 6.10. The Kier molecular flexibility index (Phi) is 7.27. The first-order valence-electron chi connectivity index (χ1n) is 11.8. The van der Waals surface area contributed by atoms with Gasteiger partial charge in [0.1, 0.15) is 12.1 Å². The molecule has 192 valence electrons. The molecule has 1 heterocycles. The molecule has 0 spiro atoms. The number of amides is 1. The van der Waals surface area contributed by atoms with Crippen molar-refractivity contribution in [2.24, 2.45) is 0 Å². The number of rotatable bonds is 7. The molecule has 0 aliphatic heterocycles. The predicted octanol–water partition coefficient (Wildman–Crippen LogP) is 8.26. The van der Waals surface area contributed by atoms with Crippen LogP contribution >= 0.6 is 23.2 Å². The van der Waals surface area contributed by atoms with Gasteiger partial charge in [-0.3, -0.25) is 4.79 Å². The van der Waals surface area contributed by atoms with Crippen LogP contribution in [-0.2, 0) is 6.61 Å². The molecule has 5 rings (SSSR count). The maximum Gasteiger partial charge on any atom is 0.255 e. The molecule has 0 radical (unpaired) electrons. The highest BCUT2D eigenvalue weighted by molar-refractivity contribution is 6.34. The molecule has 0 bridgehead atoms. The third kappa shape index (κ3) is 5.47. The van der Waals surface area contributed by atoms with Crippen molar-refractivity contribution < 1.29 is 18.7 Å². The van der Waals surface area contributed by atoms with Gasteiger partial charge in [-0.1, -0.05) is 41.4 Å². The number of carbonyl (C=O) groups excluding carboxylic acids is 1. The molecule has 5 aromatic rings. The van der Waals surface area contributed by atoms with Crippen LogP contribution in [0.5, 0.6) is 11.5 Å². The number of hydrogen-bond donors (Lipinski definition) is 1. The van der Waals surface area contributed by atoms with Crippen molar-refractivity contribution in [3.8, 4) is 23.0 Å². The zero-order valence-electron chi connectivity index (χ0n) is 21.0. The van der Waals surface area contributed by atoms with E-state index in [9.17, 15) is 4.79 Å². The summed E-state index contributed by atoms with van der Waals surface area (Å²) in [5, 5.41) is 3.92. The molecule has 1 amide bonds. The first-order valence-corrected chi connectivity index (χ1v) is 12.6. The van der Waals surface area contributed by atoms with Crippen LogP contribution < -0.4 is 14.8 Å². The Morgan fingerprint density at radius 3 is 2.50 bits per heavy atom. The van der Waals surface area contributed by atoms with Crippen LogP contribution in [0.1, 0.15) is 27.0 Å². The number of oxazole rings is 1. The Labute approximate surface area is 230 Å². The number of carbonyl (C=O) groups is 1. The molecule has 0 aliphatic carbocycles. The van der Waals surface area contributed by atoms with E-state index in [1.165, 1.54) is 7.11 Å². The average Bonchev–Trinajstić information content (AvgIpc) is 3.34. The van der Waals surface area contributed by atoms with Crippen LogP contribution in [0.4, 0.5) is 5.69 Å². The largest absolute Gasteiger partial charge is 0.493 e. The number of ether oxygens (including phenoxy) is 2. The molecule has 0 saturated heterocycles. The first kappa shape index (κ1) is 25.6. The molecule has 0 fully saturated rings. The second-order valence-corrected chi connectivity index (χ2v) is 9.72. The number of nitrogens with zero attached hydrogens (tertiary/aromatic N) is 1. The Hall–Kier alpha value is -4.00. The Bertz CT molecular complexity index is 1640. The van der Waals surface area contributed by atoms with E-state index in [4.69, 9.17) is 37.1 Å². The smallest absolute Gasteiger partial charge is 0.255 e. The maximum atomic E-state index is 13.1. The van der Waals surface area contributed by atoms with Gasteiger partial charge < -0.3 is 19.2 Å². The van der Waals surface area contributed by atoms with Gasteiger partial charge in [-0.25, -0.2) is 4.98 Å². The predicted molar refractivity (Wildman–Crippen MR) is 151 cm³/mol. The van der Waals surface area contributed by atoms with Gasteiger partial charge in [0, 0.05) is 16.1 Å². The quantitative estimate of drug-likeness (QED) is 0.222. The number of halogens is 2. The second-order valence-electron chi connectivity index (χ2n) is 8.88. The number of anilines is 1. The van der Waals surface area contributed by atoms with E-state index in [0.29, 0.717) is 50.9 Å².